The lowest BCUT2D eigenvalue weighted by atomic mass is 10.4. The Labute approximate surface area is 87.1 Å². The minimum Gasteiger partial charge on any atom is -0.383 e. The van der Waals surface area contributed by atoms with Gasteiger partial charge in [0.2, 0.25) is 5.95 Å². The van der Waals surface area contributed by atoms with Crippen molar-refractivity contribution in [2.75, 3.05) is 31.3 Å². The molecule has 2 aromatic rings. The number of aromatic nitrogens is 3. The van der Waals surface area contributed by atoms with Crippen molar-refractivity contribution < 1.29 is 4.74 Å². The second kappa shape index (κ2) is 4.14. The van der Waals surface area contributed by atoms with Gasteiger partial charge in [-0.25, -0.2) is 4.52 Å². The van der Waals surface area contributed by atoms with Gasteiger partial charge in [0.15, 0.2) is 5.65 Å². The molecule has 15 heavy (non-hydrogen) atoms. The van der Waals surface area contributed by atoms with E-state index in [1.807, 2.05) is 18.3 Å². The van der Waals surface area contributed by atoms with E-state index >= 15 is 0 Å². The number of pyridine rings is 1. The Bertz CT molecular complexity index is 453. The van der Waals surface area contributed by atoms with Crippen molar-refractivity contribution in [2.45, 2.75) is 0 Å². The molecule has 0 aliphatic rings. The fraction of sp³-hybridized carbons (Fsp3) is 0.333. The molecule has 0 bridgehead atoms. The average Bonchev–Trinajstić information content (AvgIpc) is 2.57. The maximum Gasteiger partial charge on any atom is 0.240 e. The summed E-state index contributed by atoms with van der Waals surface area (Å²) in [6.07, 6.45) is 1.81. The molecule has 2 heterocycles. The molecule has 0 unspecified atom stereocenters. The highest BCUT2D eigenvalue weighted by molar-refractivity contribution is 5.55. The van der Waals surface area contributed by atoms with Gasteiger partial charge in [-0.15, -0.1) is 5.10 Å². The first-order valence-corrected chi connectivity index (χ1v) is 4.64. The van der Waals surface area contributed by atoms with Crippen LogP contribution in [0, 0.1) is 0 Å². The van der Waals surface area contributed by atoms with Gasteiger partial charge in [0.1, 0.15) is 0 Å². The van der Waals surface area contributed by atoms with E-state index in [-0.39, 0.29) is 5.95 Å². The second-order valence-electron chi connectivity index (χ2n) is 3.11. The van der Waals surface area contributed by atoms with E-state index in [1.54, 1.807) is 11.6 Å². The van der Waals surface area contributed by atoms with Crippen LogP contribution in [-0.2, 0) is 4.74 Å². The molecule has 0 aliphatic heterocycles. The quantitative estimate of drug-likeness (QED) is 0.708. The summed E-state index contributed by atoms with van der Waals surface area (Å²) in [5.41, 5.74) is 7.19. The summed E-state index contributed by atoms with van der Waals surface area (Å²) in [5, 5.41) is 7.18. The van der Waals surface area contributed by atoms with Gasteiger partial charge in [0.25, 0.3) is 0 Å². The van der Waals surface area contributed by atoms with Crippen LogP contribution in [-0.4, -0.2) is 34.9 Å². The van der Waals surface area contributed by atoms with Crippen LogP contribution < -0.4 is 11.1 Å². The molecular formula is C9H13N5O. The van der Waals surface area contributed by atoms with Crippen molar-refractivity contribution in [1.29, 1.82) is 0 Å². The standard InChI is InChI=1S/C9H13N5O/c1-15-5-3-11-7-2-4-14-8(6-7)12-9(10)13-14/h2,4,6,11H,3,5H2,1H3,(H2,10,13). The second-order valence-corrected chi connectivity index (χ2v) is 3.11. The molecule has 0 fully saturated rings. The maximum absolute atomic E-state index is 5.48. The fourth-order valence-electron chi connectivity index (χ4n) is 1.31. The van der Waals surface area contributed by atoms with Crippen LogP contribution in [0.15, 0.2) is 18.3 Å². The molecule has 3 N–H and O–H groups in total. The van der Waals surface area contributed by atoms with Crippen LogP contribution in [0.25, 0.3) is 5.65 Å². The zero-order valence-corrected chi connectivity index (χ0v) is 8.47. The Hall–Kier alpha value is -1.82. The normalized spacial score (nSPS) is 10.7. The van der Waals surface area contributed by atoms with Crippen LogP contribution in [0.3, 0.4) is 0 Å². The van der Waals surface area contributed by atoms with Gasteiger partial charge in [-0.3, -0.25) is 0 Å². The summed E-state index contributed by atoms with van der Waals surface area (Å²) >= 11 is 0. The maximum atomic E-state index is 5.48. The van der Waals surface area contributed by atoms with Gasteiger partial charge >= 0.3 is 0 Å². The molecule has 0 saturated heterocycles. The highest BCUT2D eigenvalue weighted by Crippen LogP contribution is 2.10. The number of hydrogen-bond acceptors (Lipinski definition) is 5. The lowest BCUT2D eigenvalue weighted by Gasteiger charge is -2.04. The SMILES string of the molecule is COCCNc1ccn2nc(N)nc2c1. The lowest BCUT2D eigenvalue weighted by Crippen LogP contribution is -2.07. The molecule has 0 spiro atoms. The van der Waals surface area contributed by atoms with E-state index in [2.05, 4.69) is 15.4 Å². The average molecular weight is 207 g/mol. The van der Waals surface area contributed by atoms with E-state index < -0.39 is 0 Å². The zero-order chi connectivity index (χ0) is 10.7. The number of anilines is 2. The molecule has 2 rings (SSSR count). The summed E-state index contributed by atoms with van der Waals surface area (Å²) in [5.74, 6) is 0.282. The topological polar surface area (TPSA) is 77.5 Å². The van der Waals surface area contributed by atoms with Gasteiger partial charge in [-0.2, -0.15) is 4.98 Å². The van der Waals surface area contributed by atoms with Crippen molar-refractivity contribution in [3.63, 3.8) is 0 Å². The minimum absolute atomic E-state index is 0.282. The van der Waals surface area contributed by atoms with Gasteiger partial charge in [-0.05, 0) is 6.07 Å². The molecule has 0 saturated carbocycles. The highest BCUT2D eigenvalue weighted by Gasteiger charge is 2.00. The van der Waals surface area contributed by atoms with Crippen molar-refractivity contribution in [3.8, 4) is 0 Å². The third-order valence-corrected chi connectivity index (χ3v) is 1.99. The number of rotatable bonds is 4. The fourth-order valence-corrected chi connectivity index (χ4v) is 1.31. The number of nitrogens with one attached hydrogen (secondary N) is 1. The molecule has 2 aromatic heterocycles. The number of nitrogen functional groups attached to an aromatic ring is 1. The van der Waals surface area contributed by atoms with Crippen molar-refractivity contribution in [2.24, 2.45) is 0 Å². The predicted molar refractivity (Wildman–Crippen MR) is 57.8 cm³/mol. The van der Waals surface area contributed by atoms with Gasteiger partial charge in [0.05, 0.1) is 6.61 Å². The van der Waals surface area contributed by atoms with E-state index in [1.165, 1.54) is 0 Å². The molecule has 0 aromatic carbocycles. The summed E-state index contributed by atoms with van der Waals surface area (Å²) in [6, 6.07) is 3.80. The van der Waals surface area contributed by atoms with Crippen molar-refractivity contribution in [3.05, 3.63) is 18.3 Å². The largest absolute Gasteiger partial charge is 0.383 e. The lowest BCUT2D eigenvalue weighted by molar-refractivity contribution is 0.211. The molecule has 0 radical (unpaired) electrons. The Balaban J connectivity index is 2.15. The summed E-state index contributed by atoms with van der Waals surface area (Å²) in [7, 11) is 1.67. The Kier molecular flexibility index (Phi) is 2.68. The smallest absolute Gasteiger partial charge is 0.240 e. The summed E-state index contributed by atoms with van der Waals surface area (Å²) in [4.78, 5) is 4.06. The molecule has 0 aliphatic carbocycles. The van der Waals surface area contributed by atoms with E-state index in [0.717, 1.165) is 17.9 Å². The number of hydrogen-bond donors (Lipinski definition) is 2. The van der Waals surface area contributed by atoms with Gasteiger partial charge < -0.3 is 15.8 Å². The third-order valence-electron chi connectivity index (χ3n) is 1.99. The molecule has 0 atom stereocenters. The number of fused-ring (bicyclic) bond motifs is 1. The van der Waals surface area contributed by atoms with Crippen LogP contribution >= 0.6 is 0 Å². The van der Waals surface area contributed by atoms with Crippen LogP contribution in [0.1, 0.15) is 0 Å². The summed E-state index contributed by atoms with van der Waals surface area (Å²) in [6.45, 7) is 1.43. The first-order valence-electron chi connectivity index (χ1n) is 4.64. The number of ether oxygens (including phenoxy) is 1. The van der Waals surface area contributed by atoms with Crippen LogP contribution in [0.5, 0.6) is 0 Å². The highest BCUT2D eigenvalue weighted by atomic mass is 16.5. The van der Waals surface area contributed by atoms with E-state index in [9.17, 15) is 0 Å². The van der Waals surface area contributed by atoms with Crippen LogP contribution in [0.2, 0.25) is 0 Å². The van der Waals surface area contributed by atoms with Crippen molar-refractivity contribution in [1.82, 2.24) is 14.6 Å². The molecule has 6 heteroatoms. The van der Waals surface area contributed by atoms with E-state index in [0.29, 0.717) is 6.61 Å². The molecule has 6 nitrogen and oxygen atoms in total. The first kappa shape index (κ1) is 9.72. The number of nitrogens with two attached hydrogens (primary N) is 1. The number of methoxy groups -OCH3 is 1. The molecule has 80 valence electrons. The van der Waals surface area contributed by atoms with E-state index in [4.69, 9.17) is 10.5 Å². The minimum atomic E-state index is 0.282. The monoisotopic (exact) mass is 207 g/mol. The zero-order valence-electron chi connectivity index (χ0n) is 8.47. The molecular weight excluding hydrogens is 194 g/mol. The Morgan fingerprint density at radius 1 is 1.60 bits per heavy atom. The predicted octanol–water partition coefficient (Wildman–Crippen LogP) is 0.370. The molecule has 0 amide bonds. The Morgan fingerprint density at radius 3 is 3.27 bits per heavy atom. The van der Waals surface area contributed by atoms with Crippen LogP contribution in [0.4, 0.5) is 11.6 Å². The number of nitrogens with zero attached hydrogens (tertiary/aromatic N) is 3. The third kappa shape index (κ3) is 2.16. The van der Waals surface area contributed by atoms with Gasteiger partial charge in [-0.1, -0.05) is 0 Å². The Morgan fingerprint density at radius 2 is 2.47 bits per heavy atom. The van der Waals surface area contributed by atoms with Crippen molar-refractivity contribution >= 4 is 17.3 Å². The first-order chi connectivity index (χ1) is 7.29. The van der Waals surface area contributed by atoms with Gasteiger partial charge in [0, 0.05) is 31.6 Å². The summed E-state index contributed by atoms with van der Waals surface area (Å²) < 4.78 is 6.58.